The lowest BCUT2D eigenvalue weighted by Gasteiger charge is -2.46. The van der Waals surface area contributed by atoms with Gasteiger partial charge in [-0.05, 0) is 47.2 Å². The van der Waals surface area contributed by atoms with Crippen LogP contribution in [0.5, 0.6) is 0 Å². The molecule has 2 aliphatic heterocycles. The highest BCUT2D eigenvalue weighted by Gasteiger charge is 2.36. The van der Waals surface area contributed by atoms with Gasteiger partial charge in [-0.15, -0.1) is 0 Å². The topological polar surface area (TPSA) is 35.6 Å². The molecule has 2 unspecified atom stereocenters. The molecule has 104 valence electrons. The molecule has 2 aliphatic rings. The molecule has 0 bridgehead atoms. The molecule has 2 rings (SSSR count). The minimum absolute atomic E-state index is 0.104. The zero-order chi connectivity index (χ0) is 13.3. The predicted octanol–water partition coefficient (Wildman–Crippen LogP) is 0.927. The summed E-state index contributed by atoms with van der Waals surface area (Å²) in [6, 6.07) is 0.480. The van der Waals surface area contributed by atoms with Gasteiger partial charge in [0.05, 0.1) is 0 Å². The fourth-order valence-corrected chi connectivity index (χ4v) is 3.04. The van der Waals surface area contributed by atoms with Gasteiger partial charge in [0, 0.05) is 37.1 Å². The summed E-state index contributed by atoms with van der Waals surface area (Å²) in [7, 11) is 2.15. The van der Waals surface area contributed by atoms with Gasteiger partial charge in [-0.3, -0.25) is 9.69 Å². The van der Waals surface area contributed by atoms with Crippen LogP contribution in [0.1, 0.15) is 33.6 Å². The van der Waals surface area contributed by atoms with Gasteiger partial charge < -0.3 is 10.2 Å². The third kappa shape index (κ3) is 2.86. The molecule has 0 aromatic carbocycles. The minimum atomic E-state index is 0.104. The molecular weight excluding hydrogens is 226 g/mol. The second-order valence-electron chi connectivity index (χ2n) is 6.57. The van der Waals surface area contributed by atoms with Crippen LogP contribution in [0.2, 0.25) is 0 Å². The molecule has 2 heterocycles. The van der Waals surface area contributed by atoms with E-state index in [1.807, 2.05) is 0 Å². The van der Waals surface area contributed by atoms with Gasteiger partial charge in [0.1, 0.15) is 0 Å². The normalized spacial score (nSPS) is 33.4. The van der Waals surface area contributed by atoms with Gasteiger partial charge in [-0.25, -0.2) is 0 Å². The number of hydrogen-bond donors (Lipinski definition) is 1. The number of piperazine rings is 1. The van der Waals surface area contributed by atoms with Gasteiger partial charge in [-0.1, -0.05) is 0 Å². The van der Waals surface area contributed by atoms with E-state index in [-0.39, 0.29) is 11.5 Å². The molecule has 18 heavy (non-hydrogen) atoms. The highest BCUT2D eigenvalue weighted by molar-refractivity contribution is 5.79. The van der Waals surface area contributed by atoms with Crippen molar-refractivity contribution in [2.24, 2.45) is 5.92 Å². The van der Waals surface area contributed by atoms with E-state index in [2.05, 4.69) is 42.9 Å². The first-order chi connectivity index (χ1) is 8.40. The Bertz CT molecular complexity index is 316. The van der Waals surface area contributed by atoms with Crippen LogP contribution in [-0.4, -0.2) is 60.5 Å². The lowest BCUT2D eigenvalue weighted by molar-refractivity contribution is -0.141. The zero-order valence-electron chi connectivity index (χ0n) is 12.2. The lowest BCUT2D eigenvalue weighted by Crippen LogP contribution is -2.60. The average Bonchev–Trinajstić information content (AvgIpc) is 2.31. The largest absolute Gasteiger partial charge is 0.339 e. The van der Waals surface area contributed by atoms with Gasteiger partial charge >= 0.3 is 0 Å². The molecule has 0 saturated carbocycles. The van der Waals surface area contributed by atoms with Gasteiger partial charge in [0.25, 0.3) is 0 Å². The fraction of sp³-hybridized carbons (Fsp3) is 0.929. The monoisotopic (exact) mass is 253 g/mol. The van der Waals surface area contributed by atoms with Crippen LogP contribution in [-0.2, 0) is 4.79 Å². The second-order valence-corrected chi connectivity index (χ2v) is 6.57. The Morgan fingerprint density at radius 3 is 2.67 bits per heavy atom. The van der Waals surface area contributed by atoms with Crippen LogP contribution >= 0.6 is 0 Å². The molecule has 4 heteroatoms. The molecule has 2 saturated heterocycles. The summed E-state index contributed by atoms with van der Waals surface area (Å²) in [6.07, 6.45) is 1.99. The van der Waals surface area contributed by atoms with Crippen molar-refractivity contribution in [3.8, 4) is 0 Å². The first-order valence-corrected chi connectivity index (χ1v) is 7.13. The summed E-state index contributed by atoms with van der Waals surface area (Å²) in [6.45, 7) is 10.3. The van der Waals surface area contributed by atoms with Gasteiger partial charge in [0.2, 0.25) is 5.91 Å². The number of piperidine rings is 1. The number of likely N-dealkylation sites (N-methyl/N-ethyl adjacent to an activating group) is 1. The summed E-state index contributed by atoms with van der Waals surface area (Å²) in [4.78, 5) is 17.0. The Balaban J connectivity index is 1.97. The first kappa shape index (κ1) is 13.8. The van der Waals surface area contributed by atoms with E-state index in [1.54, 1.807) is 0 Å². The maximum atomic E-state index is 12.6. The van der Waals surface area contributed by atoms with E-state index in [1.165, 1.54) is 0 Å². The van der Waals surface area contributed by atoms with Crippen molar-refractivity contribution >= 4 is 5.91 Å². The Kier molecular flexibility index (Phi) is 3.97. The highest BCUT2D eigenvalue weighted by atomic mass is 16.2. The molecule has 0 aromatic rings. The maximum absolute atomic E-state index is 12.6. The zero-order valence-corrected chi connectivity index (χ0v) is 12.2. The van der Waals surface area contributed by atoms with Crippen molar-refractivity contribution < 1.29 is 4.79 Å². The Labute approximate surface area is 111 Å². The number of carbonyl (C=O) groups is 1. The molecular formula is C14H27N3O. The van der Waals surface area contributed by atoms with Crippen LogP contribution in [0, 0.1) is 5.92 Å². The summed E-state index contributed by atoms with van der Waals surface area (Å²) in [5.74, 6) is 0.616. The lowest BCUT2D eigenvalue weighted by atomic mass is 9.90. The number of amides is 1. The second kappa shape index (κ2) is 5.17. The van der Waals surface area contributed by atoms with Crippen LogP contribution in [0.15, 0.2) is 0 Å². The third-order valence-electron chi connectivity index (χ3n) is 4.60. The molecule has 1 N–H and O–H groups in total. The number of hydrogen-bond acceptors (Lipinski definition) is 3. The summed E-state index contributed by atoms with van der Waals surface area (Å²) in [5, 5.41) is 3.41. The predicted molar refractivity (Wildman–Crippen MR) is 73.5 cm³/mol. The molecule has 1 amide bonds. The van der Waals surface area contributed by atoms with E-state index in [9.17, 15) is 4.79 Å². The van der Waals surface area contributed by atoms with Crippen LogP contribution < -0.4 is 5.32 Å². The number of nitrogens with zero attached hydrogens (tertiary/aromatic N) is 2. The van der Waals surface area contributed by atoms with E-state index in [0.717, 1.165) is 39.0 Å². The molecule has 0 spiro atoms. The SMILES string of the molecule is CC1CC(C(=O)N2CCN(C)C(C)(C)C2)CCN1. The van der Waals surface area contributed by atoms with E-state index in [0.29, 0.717) is 11.9 Å². The molecule has 2 fully saturated rings. The third-order valence-corrected chi connectivity index (χ3v) is 4.60. The Morgan fingerprint density at radius 2 is 2.06 bits per heavy atom. The summed E-state index contributed by atoms with van der Waals surface area (Å²) >= 11 is 0. The average molecular weight is 253 g/mol. The minimum Gasteiger partial charge on any atom is -0.339 e. The van der Waals surface area contributed by atoms with Crippen LogP contribution in [0.4, 0.5) is 0 Å². The number of rotatable bonds is 1. The fourth-order valence-electron chi connectivity index (χ4n) is 3.04. The molecule has 0 aliphatic carbocycles. The van der Waals surface area contributed by atoms with E-state index < -0.39 is 0 Å². The quantitative estimate of drug-likeness (QED) is 0.755. The first-order valence-electron chi connectivity index (χ1n) is 7.13. The van der Waals surface area contributed by atoms with E-state index >= 15 is 0 Å². The van der Waals surface area contributed by atoms with Crippen molar-refractivity contribution in [1.29, 1.82) is 0 Å². The highest BCUT2D eigenvalue weighted by Crippen LogP contribution is 2.24. The molecule has 4 nitrogen and oxygen atoms in total. The van der Waals surface area contributed by atoms with Crippen LogP contribution in [0.3, 0.4) is 0 Å². The number of nitrogens with one attached hydrogen (secondary N) is 1. The Hall–Kier alpha value is -0.610. The molecule has 0 radical (unpaired) electrons. The van der Waals surface area contributed by atoms with Crippen molar-refractivity contribution in [1.82, 2.24) is 15.1 Å². The van der Waals surface area contributed by atoms with Gasteiger partial charge in [0.15, 0.2) is 0 Å². The van der Waals surface area contributed by atoms with Crippen molar-refractivity contribution in [2.75, 3.05) is 33.2 Å². The Morgan fingerprint density at radius 1 is 1.33 bits per heavy atom. The van der Waals surface area contributed by atoms with Crippen molar-refractivity contribution in [3.63, 3.8) is 0 Å². The molecule has 0 aromatic heterocycles. The molecule has 2 atom stereocenters. The standard InChI is InChI=1S/C14H27N3O/c1-11-9-12(5-6-15-11)13(18)17-8-7-16(4)14(2,3)10-17/h11-12,15H,5-10H2,1-4H3. The number of carbonyl (C=O) groups excluding carboxylic acids is 1. The van der Waals surface area contributed by atoms with Crippen molar-refractivity contribution in [3.05, 3.63) is 0 Å². The van der Waals surface area contributed by atoms with E-state index in [4.69, 9.17) is 0 Å². The van der Waals surface area contributed by atoms with Crippen molar-refractivity contribution in [2.45, 2.75) is 45.2 Å². The van der Waals surface area contributed by atoms with Gasteiger partial charge in [-0.2, -0.15) is 0 Å². The smallest absolute Gasteiger partial charge is 0.225 e. The maximum Gasteiger partial charge on any atom is 0.225 e. The summed E-state index contributed by atoms with van der Waals surface area (Å²) < 4.78 is 0. The van der Waals surface area contributed by atoms with Crippen LogP contribution in [0.25, 0.3) is 0 Å². The summed E-state index contributed by atoms with van der Waals surface area (Å²) in [5.41, 5.74) is 0.104.